The van der Waals surface area contributed by atoms with Crippen LogP contribution in [0, 0.1) is 6.92 Å². The monoisotopic (exact) mass is 335 g/mol. The van der Waals surface area contributed by atoms with Crippen LogP contribution in [0.3, 0.4) is 0 Å². The van der Waals surface area contributed by atoms with Gasteiger partial charge in [-0.3, -0.25) is 9.59 Å². The topological polar surface area (TPSA) is 37.4 Å². The zero-order valence-corrected chi connectivity index (χ0v) is 13.4. The lowest BCUT2D eigenvalue weighted by Gasteiger charge is -2.11. The largest absolute Gasteiger partial charge is 0.298 e. The summed E-state index contributed by atoms with van der Waals surface area (Å²) in [4.78, 5) is 28.2. The molecule has 6 heteroatoms. The first-order valence-electron chi connectivity index (χ1n) is 6.14. The summed E-state index contributed by atoms with van der Waals surface area (Å²) in [6, 6.07) is 10.6. The maximum absolute atomic E-state index is 12.4. The fourth-order valence-electron chi connectivity index (χ4n) is 1.94. The Kier molecular flexibility index (Phi) is 3.89. The van der Waals surface area contributed by atoms with Crippen LogP contribution in [-0.4, -0.2) is 11.1 Å². The van der Waals surface area contributed by atoms with E-state index in [1.54, 1.807) is 41.7 Å². The van der Waals surface area contributed by atoms with Gasteiger partial charge in [0.2, 0.25) is 0 Å². The third-order valence-corrected chi connectivity index (χ3v) is 4.98. The molecule has 1 aliphatic heterocycles. The maximum Gasteiger partial charge on any atom is 0.298 e. The highest BCUT2D eigenvalue weighted by molar-refractivity contribution is 8.19. The molecule has 0 spiro atoms. The van der Waals surface area contributed by atoms with Gasteiger partial charge < -0.3 is 0 Å². The number of carbonyl (C=O) groups excluding carboxylic acids is 2. The second-order valence-corrected chi connectivity index (χ2v) is 7.19. The molecule has 106 valence electrons. The summed E-state index contributed by atoms with van der Waals surface area (Å²) in [6.45, 7) is 2.00. The van der Waals surface area contributed by atoms with Crippen molar-refractivity contribution in [3.05, 3.63) is 56.1 Å². The molecule has 1 aromatic heterocycles. The van der Waals surface area contributed by atoms with Crippen molar-refractivity contribution in [3.8, 4) is 0 Å². The quantitative estimate of drug-likeness (QED) is 0.728. The number of anilines is 1. The maximum atomic E-state index is 12.4. The second-order valence-electron chi connectivity index (χ2n) is 4.44. The van der Waals surface area contributed by atoms with Crippen molar-refractivity contribution in [1.29, 1.82) is 0 Å². The molecule has 1 saturated heterocycles. The molecule has 0 aliphatic carbocycles. The van der Waals surface area contributed by atoms with Crippen LogP contribution in [0.4, 0.5) is 10.5 Å². The Bertz CT molecular complexity index is 749. The average Bonchev–Trinajstić information content (AvgIpc) is 2.96. The van der Waals surface area contributed by atoms with Crippen molar-refractivity contribution in [2.45, 2.75) is 6.92 Å². The van der Waals surface area contributed by atoms with Crippen LogP contribution in [0.1, 0.15) is 9.75 Å². The molecule has 21 heavy (non-hydrogen) atoms. The van der Waals surface area contributed by atoms with E-state index in [-0.39, 0.29) is 11.1 Å². The minimum absolute atomic E-state index is 0.290. The number of halogens is 1. The lowest BCUT2D eigenvalue weighted by atomic mass is 10.3. The highest BCUT2D eigenvalue weighted by Crippen LogP contribution is 2.36. The summed E-state index contributed by atoms with van der Waals surface area (Å²) in [6.07, 6.45) is 1.76. The summed E-state index contributed by atoms with van der Waals surface area (Å²) in [7, 11) is 0. The molecule has 2 aromatic rings. The molecule has 0 N–H and O–H groups in total. The molecule has 0 saturated carbocycles. The molecule has 1 aromatic carbocycles. The summed E-state index contributed by atoms with van der Waals surface area (Å²) < 4.78 is 0. The SMILES string of the molecule is Cc1ccc(/C=C2/SC(=O)N(c3ccc(Cl)cc3)C2=O)s1. The number of hydrogen-bond acceptors (Lipinski definition) is 4. The average molecular weight is 336 g/mol. The summed E-state index contributed by atoms with van der Waals surface area (Å²) in [5, 5.41) is 0.275. The number of carbonyl (C=O) groups is 2. The number of nitrogens with zero attached hydrogens (tertiary/aromatic N) is 1. The van der Waals surface area contributed by atoms with Gasteiger partial charge in [-0.25, -0.2) is 4.90 Å². The predicted molar refractivity (Wildman–Crippen MR) is 89.0 cm³/mol. The first-order chi connectivity index (χ1) is 10.0. The molecule has 2 amide bonds. The number of hydrogen-bond donors (Lipinski definition) is 0. The van der Waals surface area contributed by atoms with E-state index in [1.165, 1.54) is 4.90 Å². The van der Waals surface area contributed by atoms with Gasteiger partial charge in [0, 0.05) is 14.8 Å². The molecule has 0 radical (unpaired) electrons. The van der Waals surface area contributed by atoms with Gasteiger partial charge in [-0.2, -0.15) is 0 Å². The summed E-state index contributed by atoms with van der Waals surface area (Å²) >= 11 is 8.37. The van der Waals surface area contributed by atoms with Gasteiger partial charge in [0.25, 0.3) is 11.1 Å². The number of benzene rings is 1. The van der Waals surface area contributed by atoms with Crippen LogP contribution >= 0.6 is 34.7 Å². The molecule has 2 heterocycles. The Morgan fingerprint density at radius 1 is 1.10 bits per heavy atom. The lowest BCUT2D eigenvalue weighted by Crippen LogP contribution is -2.27. The van der Waals surface area contributed by atoms with Crippen molar-refractivity contribution in [1.82, 2.24) is 0 Å². The highest BCUT2D eigenvalue weighted by atomic mass is 35.5. The number of thiophene rings is 1. The van der Waals surface area contributed by atoms with Crippen LogP contribution in [0.2, 0.25) is 5.02 Å². The van der Waals surface area contributed by atoms with Crippen LogP contribution in [0.25, 0.3) is 6.08 Å². The second kappa shape index (κ2) is 5.67. The van der Waals surface area contributed by atoms with Gasteiger partial charge in [0.15, 0.2) is 0 Å². The van der Waals surface area contributed by atoms with Crippen LogP contribution in [0.5, 0.6) is 0 Å². The minimum Gasteiger partial charge on any atom is -0.268 e. The van der Waals surface area contributed by atoms with Gasteiger partial charge in [-0.15, -0.1) is 11.3 Å². The highest BCUT2D eigenvalue weighted by Gasteiger charge is 2.36. The standard InChI is InChI=1S/C15H10ClNO2S2/c1-9-2-7-12(20-9)8-13-14(18)17(15(19)21-13)11-5-3-10(16)4-6-11/h2-8H,1H3/b13-8+. The Morgan fingerprint density at radius 3 is 2.43 bits per heavy atom. The first-order valence-corrected chi connectivity index (χ1v) is 8.15. The van der Waals surface area contributed by atoms with E-state index in [4.69, 9.17) is 11.6 Å². The molecule has 3 rings (SSSR count). The van der Waals surface area contributed by atoms with Gasteiger partial charge in [-0.05, 0) is 61.2 Å². The molecule has 1 aliphatic rings. The van der Waals surface area contributed by atoms with E-state index in [0.717, 1.165) is 21.5 Å². The first kappa shape index (κ1) is 14.4. The smallest absolute Gasteiger partial charge is 0.268 e. The lowest BCUT2D eigenvalue weighted by molar-refractivity contribution is -0.113. The molecular weight excluding hydrogens is 326 g/mol. The molecular formula is C15H10ClNO2S2. The van der Waals surface area contributed by atoms with Gasteiger partial charge >= 0.3 is 0 Å². The number of thioether (sulfide) groups is 1. The van der Waals surface area contributed by atoms with Crippen molar-refractivity contribution in [3.63, 3.8) is 0 Å². The number of amides is 2. The Labute approximate surface area is 135 Å². The van der Waals surface area contributed by atoms with Gasteiger partial charge in [0.05, 0.1) is 10.6 Å². The third-order valence-electron chi connectivity index (χ3n) is 2.91. The Morgan fingerprint density at radius 2 is 1.81 bits per heavy atom. The molecule has 0 unspecified atom stereocenters. The van der Waals surface area contributed by atoms with E-state index in [1.807, 2.05) is 19.1 Å². The van der Waals surface area contributed by atoms with Crippen molar-refractivity contribution in [2.75, 3.05) is 4.90 Å². The molecule has 1 fully saturated rings. The molecule has 3 nitrogen and oxygen atoms in total. The third kappa shape index (κ3) is 2.90. The Balaban J connectivity index is 1.92. The van der Waals surface area contributed by atoms with E-state index in [9.17, 15) is 9.59 Å². The van der Waals surface area contributed by atoms with Crippen LogP contribution < -0.4 is 4.90 Å². The predicted octanol–water partition coefficient (Wildman–Crippen LogP) is 4.95. The van der Waals surface area contributed by atoms with Crippen LogP contribution in [0.15, 0.2) is 41.3 Å². The van der Waals surface area contributed by atoms with Crippen LogP contribution in [-0.2, 0) is 4.79 Å². The normalized spacial score (nSPS) is 17.0. The van der Waals surface area contributed by atoms with Crippen molar-refractivity contribution in [2.24, 2.45) is 0 Å². The minimum atomic E-state index is -0.293. The summed E-state index contributed by atoms with van der Waals surface area (Å²) in [5.41, 5.74) is 0.535. The van der Waals surface area contributed by atoms with Gasteiger partial charge in [0.1, 0.15) is 0 Å². The molecule has 0 atom stereocenters. The van der Waals surface area contributed by atoms with Gasteiger partial charge in [-0.1, -0.05) is 11.6 Å². The summed E-state index contributed by atoms with van der Waals surface area (Å²) in [5.74, 6) is -0.293. The van der Waals surface area contributed by atoms with E-state index in [2.05, 4.69) is 0 Å². The number of rotatable bonds is 2. The van der Waals surface area contributed by atoms with E-state index < -0.39 is 0 Å². The fourth-order valence-corrected chi connectivity index (χ4v) is 3.79. The van der Waals surface area contributed by atoms with Crippen molar-refractivity contribution >= 4 is 57.6 Å². The fraction of sp³-hybridized carbons (Fsp3) is 0.0667. The van der Waals surface area contributed by atoms with E-state index >= 15 is 0 Å². The van der Waals surface area contributed by atoms with E-state index in [0.29, 0.717) is 15.6 Å². The van der Waals surface area contributed by atoms with Crippen molar-refractivity contribution < 1.29 is 9.59 Å². The zero-order valence-electron chi connectivity index (χ0n) is 11.0. The Hall–Kier alpha value is -1.56. The number of aryl methyl sites for hydroxylation is 1. The molecule has 0 bridgehead atoms. The number of imide groups is 1. The zero-order chi connectivity index (χ0) is 15.0.